The van der Waals surface area contributed by atoms with Crippen LogP contribution in [0.5, 0.6) is 0 Å². The number of nitrogens with two attached hydrogens (primary N) is 1. The summed E-state index contributed by atoms with van der Waals surface area (Å²) in [6.45, 7) is 0. The molecule has 1 aliphatic carbocycles. The zero-order valence-electron chi connectivity index (χ0n) is 10.2. The topological polar surface area (TPSA) is 64.9 Å². The number of halogens is 2. The van der Waals surface area contributed by atoms with E-state index in [2.05, 4.69) is 32.7 Å². The molecular weight excluding hydrogens is 360 g/mol. The highest BCUT2D eigenvalue weighted by atomic mass is 127. The lowest BCUT2D eigenvalue weighted by molar-refractivity contribution is 0.372. The van der Waals surface area contributed by atoms with E-state index < -0.39 is 5.54 Å². The Balaban J connectivity index is 1.99. The minimum atomic E-state index is -0.486. The lowest BCUT2D eigenvalue weighted by Crippen LogP contribution is -2.34. The maximum atomic E-state index is 13.3. The Morgan fingerprint density at radius 2 is 2.05 bits per heavy atom. The van der Waals surface area contributed by atoms with Gasteiger partial charge < -0.3 is 10.3 Å². The van der Waals surface area contributed by atoms with Gasteiger partial charge in [-0.1, -0.05) is 18.0 Å². The average molecular weight is 373 g/mol. The Bertz CT molecular complexity index is 608. The molecule has 100 valence electrons. The van der Waals surface area contributed by atoms with Crippen LogP contribution < -0.4 is 5.73 Å². The second kappa shape index (κ2) is 4.82. The van der Waals surface area contributed by atoms with Gasteiger partial charge in [-0.25, -0.2) is 4.39 Å². The van der Waals surface area contributed by atoms with Crippen molar-refractivity contribution in [1.82, 2.24) is 10.1 Å². The molecule has 19 heavy (non-hydrogen) atoms. The molecule has 0 bridgehead atoms. The average Bonchev–Trinajstić information content (AvgIpc) is 3.02. The predicted molar refractivity (Wildman–Crippen MR) is 76.7 cm³/mol. The van der Waals surface area contributed by atoms with Crippen molar-refractivity contribution < 1.29 is 8.91 Å². The highest BCUT2D eigenvalue weighted by molar-refractivity contribution is 14.1. The number of nitrogens with zero attached hydrogens (tertiary/aromatic N) is 2. The molecule has 0 amide bonds. The molecule has 2 aromatic rings. The summed E-state index contributed by atoms with van der Waals surface area (Å²) in [6.07, 6.45) is 3.90. The van der Waals surface area contributed by atoms with Crippen LogP contribution in [0.3, 0.4) is 0 Å². The third kappa shape index (κ3) is 2.38. The molecule has 0 unspecified atom stereocenters. The predicted octanol–water partition coefficient (Wildman–Crippen LogP) is 3.21. The van der Waals surface area contributed by atoms with E-state index in [1.807, 2.05) is 0 Å². The molecule has 1 heterocycles. The number of hydrogen-bond donors (Lipinski definition) is 1. The summed E-state index contributed by atoms with van der Waals surface area (Å²) >= 11 is 2.12. The van der Waals surface area contributed by atoms with E-state index in [0.29, 0.717) is 17.3 Å². The molecule has 0 aliphatic heterocycles. The number of aromatic nitrogens is 2. The van der Waals surface area contributed by atoms with Gasteiger partial charge in [-0.3, -0.25) is 0 Å². The summed E-state index contributed by atoms with van der Waals surface area (Å²) in [5.41, 5.74) is 6.41. The Morgan fingerprint density at radius 3 is 2.79 bits per heavy atom. The van der Waals surface area contributed by atoms with Crippen molar-refractivity contribution in [2.45, 2.75) is 31.2 Å². The van der Waals surface area contributed by atoms with Crippen LogP contribution >= 0.6 is 22.6 Å². The fourth-order valence-corrected chi connectivity index (χ4v) is 2.99. The first-order chi connectivity index (χ1) is 9.08. The molecule has 1 fully saturated rings. The van der Waals surface area contributed by atoms with E-state index in [1.165, 1.54) is 12.1 Å². The molecule has 0 atom stereocenters. The summed E-state index contributed by atoms with van der Waals surface area (Å²) in [4.78, 5) is 4.36. The van der Waals surface area contributed by atoms with Crippen molar-refractivity contribution in [3.63, 3.8) is 0 Å². The Morgan fingerprint density at radius 1 is 1.32 bits per heavy atom. The smallest absolute Gasteiger partial charge is 0.259 e. The largest absolute Gasteiger partial charge is 0.334 e. The van der Waals surface area contributed by atoms with Gasteiger partial charge in [0.25, 0.3) is 5.89 Å². The number of benzene rings is 1. The Hall–Kier alpha value is -1.02. The van der Waals surface area contributed by atoms with Gasteiger partial charge in [0.05, 0.1) is 11.1 Å². The molecular formula is C13H13FIN3O. The minimum Gasteiger partial charge on any atom is -0.334 e. The summed E-state index contributed by atoms with van der Waals surface area (Å²) in [5, 5.41) is 3.98. The van der Waals surface area contributed by atoms with Gasteiger partial charge in [-0.15, -0.1) is 0 Å². The molecule has 3 rings (SSSR count). The SMILES string of the molecule is NC1(c2noc(-c3cc(F)ccc3I)n2)CCCC1. The van der Waals surface area contributed by atoms with Gasteiger partial charge >= 0.3 is 0 Å². The van der Waals surface area contributed by atoms with Crippen LogP contribution in [-0.4, -0.2) is 10.1 Å². The normalized spacial score (nSPS) is 17.8. The van der Waals surface area contributed by atoms with Gasteiger partial charge in [0.15, 0.2) is 5.82 Å². The van der Waals surface area contributed by atoms with E-state index in [9.17, 15) is 4.39 Å². The van der Waals surface area contributed by atoms with Crippen LogP contribution in [0.25, 0.3) is 11.5 Å². The first kappa shape index (κ1) is 13.0. The van der Waals surface area contributed by atoms with Crippen LogP contribution in [0.2, 0.25) is 0 Å². The summed E-state index contributed by atoms with van der Waals surface area (Å²) in [7, 11) is 0. The van der Waals surface area contributed by atoms with E-state index in [0.717, 1.165) is 29.3 Å². The van der Waals surface area contributed by atoms with Gasteiger partial charge in [-0.2, -0.15) is 4.98 Å². The van der Waals surface area contributed by atoms with E-state index in [4.69, 9.17) is 10.3 Å². The minimum absolute atomic E-state index is 0.321. The lowest BCUT2D eigenvalue weighted by Gasteiger charge is -2.17. The summed E-state index contributed by atoms with van der Waals surface area (Å²) < 4.78 is 19.4. The summed E-state index contributed by atoms with van der Waals surface area (Å²) in [6, 6.07) is 4.49. The van der Waals surface area contributed by atoms with Crippen molar-refractivity contribution in [1.29, 1.82) is 0 Å². The molecule has 1 saturated carbocycles. The second-order valence-corrected chi connectivity index (χ2v) is 6.07. The Labute approximate surface area is 123 Å². The third-order valence-corrected chi connectivity index (χ3v) is 4.47. The van der Waals surface area contributed by atoms with E-state index in [1.54, 1.807) is 6.07 Å². The maximum absolute atomic E-state index is 13.3. The maximum Gasteiger partial charge on any atom is 0.259 e. The van der Waals surface area contributed by atoms with Crippen molar-refractivity contribution in [3.8, 4) is 11.5 Å². The Kier molecular flexibility index (Phi) is 3.30. The standard InChI is InChI=1S/C13H13FIN3O/c14-8-3-4-10(15)9(7-8)11-17-12(18-19-11)13(16)5-1-2-6-13/h3-4,7H,1-2,5-6,16H2. The first-order valence-corrected chi connectivity index (χ1v) is 7.25. The molecule has 1 aromatic carbocycles. The lowest BCUT2D eigenvalue weighted by atomic mass is 9.99. The molecule has 1 aromatic heterocycles. The van der Waals surface area contributed by atoms with Gasteiger partial charge in [0.2, 0.25) is 0 Å². The van der Waals surface area contributed by atoms with E-state index in [-0.39, 0.29) is 5.82 Å². The fraction of sp³-hybridized carbons (Fsp3) is 0.385. The molecule has 0 radical (unpaired) electrons. The molecule has 2 N–H and O–H groups in total. The van der Waals surface area contributed by atoms with Crippen LogP contribution in [0.15, 0.2) is 22.7 Å². The molecule has 1 aliphatic rings. The van der Waals surface area contributed by atoms with Crippen molar-refractivity contribution in [3.05, 3.63) is 33.4 Å². The number of rotatable bonds is 2. The van der Waals surface area contributed by atoms with Crippen LogP contribution in [-0.2, 0) is 5.54 Å². The van der Waals surface area contributed by atoms with Gasteiger partial charge in [-0.05, 0) is 53.6 Å². The van der Waals surface area contributed by atoms with Crippen molar-refractivity contribution in [2.75, 3.05) is 0 Å². The van der Waals surface area contributed by atoms with Gasteiger partial charge in [0.1, 0.15) is 5.82 Å². The van der Waals surface area contributed by atoms with Crippen LogP contribution in [0, 0.1) is 9.39 Å². The molecule has 6 heteroatoms. The van der Waals surface area contributed by atoms with Gasteiger partial charge in [0, 0.05) is 3.57 Å². The second-order valence-electron chi connectivity index (χ2n) is 4.91. The zero-order chi connectivity index (χ0) is 13.5. The third-order valence-electron chi connectivity index (χ3n) is 3.53. The monoisotopic (exact) mass is 373 g/mol. The molecule has 4 nitrogen and oxygen atoms in total. The van der Waals surface area contributed by atoms with E-state index >= 15 is 0 Å². The highest BCUT2D eigenvalue weighted by Crippen LogP contribution is 2.35. The van der Waals surface area contributed by atoms with Crippen molar-refractivity contribution in [2.24, 2.45) is 5.73 Å². The van der Waals surface area contributed by atoms with Crippen LogP contribution in [0.1, 0.15) is 31.5 Å². The number of hydrogen-bond acceptors (Lipinski definition) is 4. The summed E-state index contributed by atoms with van der Waals surface area (Å²) in [5.74, 6) is 0.536. The fourth-order valence-electron chi connectivity index (χ4n) is 2.43. The molecule has 0 spiro atoms. The first-order valence-electron chi connectivity index (χ1n) is 6.17. The zero-order valence-corrected chi connectivity index (χ0v) is 12.4. The quantitative estimate of drug-likeness (QED) is 0.822. The highest BCUT2D eigenvalue weighted by Gasteiger charge is 2.36. The van der Waals surface area contributed by atoms with Crippen LogP contribution in [0.4, 0.5) is 4.39 Å². The van der Waals surface area contributed by atoms with Crippen molar-refractivity contribution >= 4 is 22.6 Å². The molecule has 0 saturated heterocycles.